The van der Waals surface area contributed by atoms with Crippen molar-refractivity contribution in [1.82, 2.24) is 0 Å². The summed E-state index contributed by atoms with van der Waals surface area (Å²) in [5.41, 5.74) is 11.7. The third-order valence-electron chi connectivity index (χ3n) is 4.11. The first-order valence-electron chi connectivity index (χ1n) is 6.81. The minimum absolute atomic E-state index is 0.0673. The lowest BCUT2D eigenvalue weighted by atomic mass is 9.79. The Kier molecular flexibility index (Phi) is 3.87. The Bertz CT molecular complexity index is 586. The van der Waals surface area contributed by atoms with Crippen LogP contribution in [0.1, 0.15) is 30.6 Å². The summed E-state index contributed by atoms with van der Waals surface area (Å²) in [4.78, 5) is 23.9. The van der Waals surface area contributed by atoms with Gasteiger partial charge in [-0.25, -0.2) is 0 Å². The van der Waals surface area contributed by atoms with Crippen LogP contribution in [0.5, 0.6) is 0 Å². The maximum absolute atomic E-state index is 11.3. The van der Waals surface area contributed by atoms with E-state index in [2.05, 4.69) is 0 Å². The molecular formula is C14H20N4O3. The summed E-state index contributed by atoms with van der Waals surface area (Å²) in [7, 11) is 0. The molecule has 1 aromatic rings. The first-order valence-corrected chi connectivity index (χ1v) is 6.81. The van der Waals surface area contributed by atoms with E-state index in [1.165, 1.54) is 12.1 Å². The van der Waals surface area contributed by atoms with Crippen molar-refractivity contribution in [3.8, 4) is 0 Å². The van der Waals surface area contributed by atoms with Crippen LogP contribution in [0.4, 0.5) is 11.4 Å². The van der Waals surface area contributed by atoms with Crippen LogP contribution in [0, 0.1) is 15.5 Å². The number of rotatable bonds is 3. The highest BCUT2D eigenvalue weighted by Crippen LogP contribution is 2.35. The van der Waals surface area contributed by atoms with E-state index in [4.69, 9.17) is 11.5 Å². The number of hydrogen-bond acceptors (Lipinski definition) is 5. The first-order chi connectivity index (χ1) is 9.72. The van der Waals surface area contributed by atoms with Crippen LogP contribution in [0.2, 0.25) is 0 Å². The number of carbonyl (C=O) groups excluding carboxylic acids is 1. The van der Waals surface area contributed by atoms with Crippen molar-refractivity contribution >= 4 is 17.3 Å². The fourth-order valence-corrected chi connectivity index (χ4v) is 2.67. The molecule has 2 rings (SSSR count). The Morgan fingerprint density at radius 1 is 1.48 bits per heavy atom. The molecule has 0 spiro atoms. The van der Waals surface area contributed by atoms with Crippen LogP contribution < -0.4 is 16.4 Å². The van der Waals surface area contributed by atoms with Crippen molar-refractivity contribution in [3.05, 3.63) is 33.9 Å². The average molecular weight is 292 g/mol. The van der Waals surface area contributed by atoms with E-state index >= 15 is 0 Å². The highest BCUT2D eigenvalue weighted by Gasteiger charge is 2.35. The minimum atomic E-state index is -0.675. The Hall–Kier alpha value is -2.15. The monoisotopic (exact) mass is 292 g/mol. The van der Waals surface area contributed by atoms with Crippen LogP contribution in [0.15, 0.2) is 18.2 Å². The summed E-state index contributed by atoms with van der Waals surface area (Å²) < 4.78 is 0. The number of nitrogens with two attached hydrogens (primary N) is 2. The first kappa shape index (κ1) is 15.2. The fraction of sp³-hybridized carbons (Fsp3) is 0.500. The summed E-state index contributed by atoms with van der Waals surface area (Å²) >= 11 is 0. The van der Waals surface area contributed by atoms with E-state index < -0.39 is 10.8 Å². The van der Waals surface area contributed by atoms with Crippen molar-refractivity contribution in [2.24, 2.45) is 16.9 Å². The number of carbonyl (C=O) groups is 1. The molecule has 1 aliphatic rings. The molecule has 1 aliphatic heterocycles. The summed E-state index contributed by atoms with van der Waals surface area (Å²) in [5.74, 6) is -0.675. The molecule has 1 aromatic carbocycles. The zero-order chi connectivity index (χ0) is 15.8. The van der Waals surface area contributed by atoms with Gasteiger partial charge in [0, 0.05) is 30.8 Å². The molecule has 1 fully saturated rings. The molecule has 21 heavy (non-hydrogen) atoms. The molecule has 0 aromatic heterocycles. The second kappa shape index (κ2) is 5.33. The third kappa shape index (κ3) is 2.97. The number of hydrogen-bond donors (Lipinski definition) is 2. The topological polar surface area (TPSA) is 115 Å². The molecule has 0 saturated carbocycles. The molecule has 1 atom stereocenters. The standard InChI is InChI=1S/C14H20N4O3/c1-14(2)8-17(6-5-12(14)15)10-4-3-9(13(16)19)7-11(10)18(20)21/h3-4,7,12H,5-6,8,15H2,1-2H3,(H2,16,19). The van der Waals surface area contributed by atoms with Crippen molar-refractivity contribution in [2.45, 2.75) is 26.3 Å². The van der Waals surface area contributed by atoms with E-state index in [0.29, 0.717) is 18.8 Å². The lowest BCUT2D eigenvalue weighted by Gasteiger charge is -2.43. The lowest BCUT2D eigenvalue weighted by Crippen LogP contribution is -2.52. The van der Waals surface area contributed by atoms with Gasteiger partial charge >= 0.3 is 0 Å². The van der Waals surface area contributed by atoms with Gasteiger partial charge in [0.05, 0.1) is 4.92 Å². The van der Waals surface area contributed by atoms with Gasteiger partial charge in [0.1, 0.15) is 5.69 Å². The summed E-state index contributed by atoms with van der Waals surface area (Å²) in [6.45, 7) is 5.38. The SMILES string of the molecule is CC1(C)CN(c2ccc(C(N)=O)cc2[N+](=O)[O-])CCC1N. The van der Waals surface area contributed by atoms with E-state index in [1.807, 2.05) is 18.7 Å². The van der Waals surface area contributed by atoms with Gasteiger partial charge < -0.3 is 16.4 Å². The van der Waals surface area contributed by atoms with Crippen LogP contribution in [0.25, 0.3) is 0 Å². The normalized spacial score (nSPS) is 21.1. The van der Waals surface area contributed by atoms with Gasteiger partial charge in [0.15, 0.2) is 0 Å². The fourth-order valence-electron chi connectivity index (χ4n) is 2.67. The van der Waals surface area contributed by atoms with Crippen LogP contribution in [0.3, 0.4) is 0 Å². The zero-order valence-electron chi connectivity index (χ0n) is 12.2. The quantitative estimate of drug-likeness (QED) is 0.642. The van der Waals surface area contributed by atoms with Gasteiger partial charge in [-0.05, 0) is 24.0 Å². The number of primary amides is 1. The number of benzene rings is 1. The molecular weight excluding hydrogens is 272 g/mol. The van der Waals surface area contributed by atoms with Crippen LogP contribution in [-0.2, 0) is 0 Å². The molecule has 1 saturated heterocycles. The van der Waals surface area contributed by atoms with Crippen LogP contribution >= 0.6 is 0 Å². The predicted molar refractivity (Wildman–Crippen MR) is 80.2 cm³/mol. The van der Waals surface area contributed by atoms with Gasteiger partial charge in [-0.2, -0.15) is 0 Å². The Morgan fingerprint density at radius 3 is 2.67 bits per heavy atom. The summed E-state index contributed by atoms with van der Waals surface area (Å²) in [6.07, 6.45) is 0.766. The molecule has 1 amide bonds. The molecule has 4 N–H and O–H groups in total. The minimum Gasteiger partial charge on any atom is -0.366 e. The average Bonchev–Trinajstić information content (AvgIpc) is 2.41. The van der Waals surface area contributed by atoms with E-state index in [0.717, 1.165) is 6.42 Å². The van der Waals surface area contributed by atoms with Crippen molar-refractivity contribution in [3.63, 3.8) is 0 Å². The number of anilines is 1. The molecule has 7 nitrogen and oxygen atoms in total. The zero-order valence-corrected chi connectivity index (χ0v) is 12.2. The summed E-state index contributed by atoms with van der Waals surface area (Å²) in [5, 5.41) is 11.3. The predicted octanol–water partition coefficient (Wildman–Crippen LogP) is 1.26. The second-order valence-corrected chi connectivity index (χ2v) is 6.13. The van der Waals surface area contributed by atoms with Gasteiger partial charge in [-0.1, -0.05) is 13.8 Å². The second-order valence-electron chi connectivity index (χ2n) is 6.13. The van der Waals surface area contributed by atoms with Gasteiger partial charge in [-0.3, -0.25) is 14.9 Å². The molecule has 114 valence electrons. The molecule has 0 bridgehead atoms. The Labute approximate surface area is 123 Å². The molecule has 0 radical (unpaired) electrons. The Morgan fingerprint density at radius 2 is 2.14 bits per heavy atom. The van der Waals surface area contributed by atoms with Crippen molar-refractivity contribution in [2.75, 3.05) is 18.0 Å². The maximum atomic E-state index is 11.3. The third-order valence-corrected chi connectivity index (χ3v) is 4.11. The number of nitro groups is 1. The van der Waals surface area contributed by atoms with Crippen molar-refractivity contribution in [1.29, 1.82) is 0 Å². The largest absolute Gasteiger partial charge is 0.366 e. The van der Waals surface area contributed by atoms with E-state index in [1.54, 1.807) is 6.07 Å². The smallest absolute Gasteiger partial charge is 0.293 e. The molecule has 1 heterocycles. The number of nitrogens with zero attached hydrogens (tertiary/aromatic N) is 2. The van der Waals surface area contributed by atoms with E-state index in [-0.39, 0.29) is 22.7 Å². The number of nitro benzene ring substituents is 1. The van der Waals surface area contributed by atoms with Gasteiger partial charge in [0.25, 0.3) is 5.69 Å². The lowest BCUT2D eigenvalue weighted by molar-refractivity contribution is -0.384. The van der Waals surface area contributed by atoms with Crippen molar-refractivity contribution < 1.29 is 9.72 Å². The highest BCUT2D eigenvalue weighted by atomic mass is 16.6. The highest BCUT2D eigenvalue weighted by molar-refractivity contribution is 5.94. The number of piperidine rings is 1. The Balaban J connectivity index is 2.40. The number of amides is 1. The maximum Gasteiger partial charge on any atom is 0.293 e. The van der Waals surface area contributed by atoms with Gasteiger partial charge in [-0.15, -0.1) is 0 Å². The summed E-state index contributed by atoms with van der Waals surface area (Å²) in [6, 6.07) is 4.41. The van der Waals surface area contributed by atoms with Crippen LogP contribution in [-0.4, -0.2) is 30.0 Å². The molecule has 1 unspecified atom stereocenters. The molecule has 0 aliphatic carbocycles. The van der Waals surface area contributed by atoms with Gasteiger partial charge in [0.2, 0.25) is 5.91 Å². The van der Waals surface area contributed by atoms with E-state index in [9.17, 15) is 14.9 Å². The molecule has 7 heteroatoms.